The summed E-state index contributed by atoms with van der Waals surface area (Å²) in [6, 6.07) is 0. The predicted molar refractivity (Wildman–Crippen MR) is 60.6 cm³/mol. The lowest BCUT2D eigenvalue weighted by Crippen LogP contribution is -2.35. The van der Waals surface area contributed by atoms with Crippen molar-refractivity contribution in [2.24, 2.45) is 0 Å². The van der Waals surface area contributed by atoms with Gasteiger partial charge in [0.25, 0.3) is 0 Å². The predicted octanol–water partition coefficient (Wildman–Crippen LogP) is 2.10. The number of sulfone groups is 1. The molecule has 1 rings (SSSR count). The maximum Gasteiger partial charge on any atom is 0.160 e. The van der Waals surface area contributed by atoms with Gasteiger partial charge in [-0.15, -0.1) is 0 Å². The molecule has 1 fully saturated rings. The Morgan fingerprint density at radius 1 is 1.27 bits per heavy atom. The van der Waals surface area contributed by atoms with E-state index < -0.39 is 15.1 Å². The van der Waals surface area contributed by atoms with Crippen LogP contribution in [-0.4, -0.2) is 25.2 Å². The van der Waals surface area contributed by atoms with E-state index in [-0.39, 0.29) is 11.5 Å². The fourth-order valence-electron chi connectivity index (χ4n) is 2.03. The summed E-state index contributed by atoms with van der Waals surface area (Å²) in [7, 11) is -3.11. The van der Waals surface area contributed by atoms with E-state index in [9.17, 15) is 13.2 Å². The molecular formula is C11H20O3S. The van der Waals surface area contributed by atoms with Crippen LogP contribution in [0.3, 0.4) is 0 Å². The summed E-state index contributed by atoms with van der Waals surface area (Å²) in [5.74, 6) is 0.153. The van der Waals surface area contributed by atoms with Crippen molar-refractivity contribution in [3.8, 4) is 0 Å². The van der Waals surface area contributed by atoms with Gasteiger partial charge in [0.2, 0.25) is 0 Å². The van der Waals surface area contributed by atoms with Crippen LogP contribution in [0, 0.1) is 0 Å². The van der Waals surface area contributed by atoms with Crippen molar-refractivity contribution < 1.29 is 13.2 Å². The van der Waals surface area contributed by atoms with E-state index >= 15 is 0 Å². The second-order valence-electron chi connectivity index (χ2n) is 4.27. The molecule has 1 aliphatic rings. The van der Waals surface area contributed by atoms with E-state index in [1.165, 1.54) is 0 Å². The van der Waals surface area contributed by atoms with Crippen molar-refractivity contribution in [3.63, 3.8) is 0 Å². The van der Waals surface area contributed by atoms with Crippen LogP contribution >= 0.6 is 0 Å². The second-order valence-corrected chi connectivity index (χ2v) is 6.58. The maximum absolute atomic E-state index is 11.7. The average molecular weight is 232 g/mol. The highest BCUT2D eigenvalue weighted by atomic mass is 32.2. The zero-order valence-electron chi connectivity index (χ0n) is 9.37. The molecule has 0 aromatic carbocycles. The molecule has 0 amide bonds. The third-order valence-corrected chi connectivity index (χ3v) is 5.19. The first-order valence-corrected chi connectivity index (χ1v) is 7.53. The molecule has 0 aromatic rings. The molecule has 4 heteroatoms. The van der Waals surface area contributed by atoms with Gasteiger partial charge in [0, 0.05) is 6.42 Å². The van der Waals surface area contributed by atoms with E-state index in [4.69, 9.17) is 0 Å². The van der Waals surface area contributed by atoms with Gasteiger partial charge in [0.05, 0.1) is 5.75 Å². The van der Waals surface area contributed by atoms with Crippen LogP contribution in [0.4, 0.5) is 0 Å². The van der Waals surface area contributed by atoms with Crippen LogP contribution in [-0.2, 0) is 14.6 Å². The van der Waals surface area contributed by atoms with Crippen molar-refractivity contribution >= 4 is 15.6 Å². The van der Waals surface area contributed by atoms with Crippen molar-refractivity contribution in [2.45, 2.75) is 57.1 Å². The monoisotopic (exact) mass is 232 g/mol. The number of hydrogen-bond acceptors (Lipinski definition) is 3. The van der Waals surface area contributed by atoms with Crippen molar-refractivity contribution in [3.05, 3.63) is 0 Å². The van der Waals surface area contributed by atoms with Crippen molar-refractivity contribution in [2.75, 3.05) is 5.75 Å². The normalized spacial score (nSPS) is 25.0. The number of ketones is 1. The summed E-state index contributed by atoms with van der Waals surface area (Å²) in [6.45, 7) is 2.07. The Morgan fingerprint density at radius 2 is 2.00 bits per heavy atom. The Bertz CT molecular complexity index is 306. The number of unbranched alkanes of at least 4 members (excludes halogenated alkanes) is 2. The van der Waals surface area contributed by atoms with E-state index in [2.05, 4.69) is 6.92 Å². The highest BCUT2D eigenvalue weighted by molar-refractivity contribution is 7.92. The van der Waals surface area contributed by atoms with Crippen molar-refractivity contribution in [1.29, 1.82) is 0 Å². The SMILES string of the molecule is CCCCCC(=O)C1CCCCS1(=O)=O. The molecule has 0 saturated carbocycles. The molecule has 3 nitrogen and oxygen atoms in total. The first-order chi connectivity index (χ1) is 7.08. The third kappa shape index (κ3) is 3.59. The molecule has 0 aliphatic carbocycles. The van der Waals surface area contributed by atoms with Gasteiger partial charge in [-0.25, -0.2) is 8.42 Å². The minimum atomic E-state index is -3.11. The van der Waals surface area contributed by atoms with Crippen LogP contribution in [0.2, 0.25) is 0 Å². The van der Waals surface area contributed by atoms with Gasteiger partial charge in [-0.2, -0.15) is 0 Å². The molecule has 1 atom stereocenters. The number of carbonyl (C=O) groups excluding carboxylic acids is 1. The summed E-state index contributed by atoms with van der Waals surface area (Å²) in [4.78, 5) is 11.7. The van der Waals surface area contributed by atoms with E-state index in [0.717, 1.165) is 32.1 Å². The summed E-state index contributed by atoms with van der Waals surface area (Å²) < 4.78 is 23.3. The Kier molecular flexibility index (Phi) is 4.77. The van der Waals surface area contributed by atoms with Crippen LogP contribution in [0.1, 0.15) is 51.9 Å². The Morgan fingerprint density at radius 3 is 2.60 bits per heavy atom. The van der Waals surface area contributed by atoms with Gasteiger partial charge in [0.15, 0.2) is 15.6 Å². The summed E-state index contributed by atoms with van der Waals surface area (Å²) >= 11 is 0. The van der Waals surface area contributed by atoms with Crippen LogP contribution in [0.5, 0.6) is 0 Å². The van der Waals surface area contributed by atoms with Gasteiger partial charge in [0.1, 0.15) is 5.25 Å². The molecule has 88 valence electrons. The molecule has 0 aromatic heterocycles. The molecule has 1 aliphatic heterocycles. The lowest BCUT2D eigenvalue weighted by Gasteiger charge is -2.20. The van der Waals surface area contributed by atoms with E-state index in [1.54, 1.807) is 0 Å². The van der Waals surface area contributed by atoms with Gasteiger partial charge < -0.3 is 0 Å². The molecule has 1 unspecified atom stereocenters. The second kappa shape index (κ2) is 5.64. The zero-order valence-corrected chi connectivity index (χ0v) is 10.2. The third-order valence-electron chi connectivity index (χ3n) is 2.96. The van der Waals surface area contributed by atoms with Gasteiger partial charge in [-0.05, 0) is 19.3 Å². The molecule has 15 heavy (non-hydrogen) atoms. The summed E-state index contributed by atoms with van der Waals surface area (Å²) in [5.41, 5.74) is 0. The van der Waals surface area contributed by atoms with Crippen molar-refractivity contribution in [1.82, 2.24) is 0 Å². The van der Waals surface area contributed by atoms with Gasteiger partial charge in [-0.3, -0.25) is 4.79 Å². The first-order valence-electron chi connectivity index (χ1n) is 5.82. The Hall–Kier alpha value is -0.380. The smallest absolute Gasteiger partial charge is 0.160 e. The minimum Gasteiger partial charge on any atom is -0.298 e. The molecule has 0 spiro atoms. The minimum absolute atomic E-state index is 0.0526. The number of rotatable bonds is 5. The topological polar surface area (TPSA) is 51.2 Å². The average Bonchev–Trinajstić information content (AvgIpc) is 2.17. The largest absolute Gasteiger partial charge is 0.298 e. The summed E-state index contributed by atoms with van der Waals surface area (Å²) in [5, 5.41) is -0.678. The lowest BCUT2D eigenvalue weighted by atomic mass is 10.1. The first kappa shape index (κ1) is 12.7. The zero-order chi connectivity index (χ0) is 11.3. The van der Waals surface area contributed by atoms with E-state index in [0.29, 0.717) is 12.8 Å². The van der Waals surface area contributed by atoms with Crippen LogP contribution in [0.15, 0.2) is 0 Å². The van der Waals surface area contributed by atoms with Crippen LogP contribution in [0.25, 0.3) is 0 Å². The summed E-state index contributed by atoms with van der Waals surface area (Å²) in [6.07, 6.45) is 5.50. The highest BCUT2D eigenvalue weighted by Crippen LogP contribution is 2.22. The number of hydrogen-bond donors (Lipinski definition) is 0. The maximum atomic E-state index is 11.7. The molecule has 0 radical (unpaired) electrons. The molecule has 1 heterocycles. The van der Waals surface area contributed by atoms with E-state index in [1.807, 2.05) is 0 Å². The standard InChI is InChI=1S/C11H20O3S/c1-2-3-4-7-10(12)11-8-5-6-9-15(11,13)14/h11H,2-9H2,1H3. The molecule has 1 saturated heterocycles. The fourth-order valence-corrected chi connectivity index (χ4v) is 3.96. The Balaban J connectivity index is 2.50. The van der Waals surface area contributed by atoms with Gasteiger partial charge in [-0.1, -0.05) is 26.2 Å². The molecule has 0 N–H and O–H groups in total. The number of Topliss-reactive ketones (excluding diaryl/α,β-unsaturated/α-hetero) is 1. The lowest BCUT2D eigenvalue weighted by molar-refractivity contribution is -0.119. The fraction of sp³-hybridized carbons (Fsp3) is 0.909. The number of carbonyl (C=O) groups is 1. The quantitative estimate of drug-likeness (QED) is 0.682. The highest BCUT2D eigenvalue weighted by Gasteiger charge is 2.33. The molecule has 0 bridgehead atoms. The molecular weight excluding hydrogens is 212 g/mol. The van der Waals surface area contributed by atoms with Gasteiger partial charge >= 0.3 is 0 Å². The Labute approximate surface area is 92.2 Å². The van der Waals surface area contributed by atoms with Crippen LogP contribution < -0.4 is 0 Å².